The number of nitrogens with one attached hydrogen (secondary N) is 2. The Morgan fingerprint density at radius 3 is 2.72 bits per heavy atom. The summed E-state index contributed by atoms with van der Waals surface area (Å²) in [6.45, 7) is 2.35. The van der Waals surface area contributed by atoms with Crippen molar-refractivity contribution in [1.82, 2.24) is 20.4 Å². The molecule has 3 aromatic rings. The van der Waals surface area contributed by atoms with Crippen molar-refractivity contribution < 1.29 is 4.74 Å². The third-order valence-corrected chi connectivity index (χ3v) is 4.85. The van der Waals surface area contributed by atoms with E-state index in [1.54, 1.807) is 13.2 Å². The summed E-state index contributed by atoms with van der Waals surface area (Å²) >= 11 is 0. The average molecular weight is 503 g/mol. The van der Waals surface area contributed by atoms with E-state index >= 15 is 0 Å². The Labute approximate surface area is 188 Å². The summed E-state index contributed by atoms with van der Waals surface area (Å²) in [6, 6.07) is 16.7. The van der Waals surface area contributed by atoms with Gasteiger partial charge in [0.2, 0.25) is 0 Å². The lowest BCUT2D eigenvalue weighted by molar-refractivity contribution is 0.357. The van der Waals surface area contributed by atoms with Crippen LogP contribution in [-0.4, -0.2) is 35.9 Å². The third kappa shape index (κ3) is 5.50. The molecule has 0 saturated carbocycles. The molecule has 0 unspecified atom stereocenters. The van der Waals surface area contributed by atoms with Gasteiger partial charge in [-0.3, -0.25) is 4.99 Å². The van der Waals surface area contributed by atoms with Crippen LogP contribution < -0.4 is 15.4 Å². The number of hydrogen-bond donors (Lipinski definition) is 2. The highest BCUT2D eigenvalue weighted by molar-refractivity contribution is 14.0. The second-order valence-corrected chi connectivity index (χ2v) is 6.76. The molecule has 0 amide bonds. The maximum atomic E-state index is 5.57. The molecule has 0 aliphatic carbocycles. The molecule has 6 nitrogen and oxygen atoms in total. The van der Waals surface area contributed by atoms with E-state index in [0.29, 0.717) is 0 Å². The Kier molecular flexibility index (Phi) is 7.51. The highest BCUT2D eigenvalue weighted by Gasteiger charge is 2.11. The quantitative estimate of drug-likeness (QED) is 0.308. The van der Waals surface area contributed by atoms with E-state index in [4.69, 9.17) is 4.74 Å². The second kappa shape index (κ2) is 10.3. The SMILES string of the molecule is CN=C(NCCc1ccc2c(c1)CCO2)NCc1ccc(-n2cccn2)cc1.I. The molecule has 0 atom stereocenters. The van der Waals surface area contributed by atoms with E-state index in [9.17, 15) is 0 Å². The monoisotopic (exact) mass is 503 g/mol. The molecule has 1 aliphatic rings. The van der Waals surface area contributed by atoms with Crippen molar-refractivity contribution in [3.63, 3.8) is 0 Å². The molecule has 2 aromatic carbocycles. The topological polar surface area (TPSA) is 63.5 Å². The molecule has 152 valence electrons. The number of rotatable bonds is 6. The lowest BCUT2D eigenvalue weighted by Crippen LogP contribution is -2.37. The van der Waals surface area contributed by atoms with Gasteiger partial charge in [0.15, 0.2) is 5.96 Å². The lowest BCUT2D eigenvalue weighted by atomic mass is 10.1. The van der Waals surface area contributed by atoms with Crippen LogP contribution in [0.4, 0.5) is 0 Å². The van der Waals surface area contributed by atoms with Crippen molar-refractivity contribution >= 4 is 29.9 Å². The van der Waals surface area contributed by atoms with E-state index in [1.807, 2.05) is 16.9 Å². The lowest BCUT2D eigenvalue weighted by Gasteiger charge is -2.12. The van der Waals surface area contributed by atoms with Gasteiger partial charge in [-0.25, -0.2) is 4.68 Å². The van der Waals surface area contributed by atoms with Crippen LogP contribution in [0.3, 0.4) is 0 Å². The Bertz CT molecular complexity index is 938. The standard InChI is InChI=1S/C22H25N5O.HI/c1-23-22(24-12-9-17-5-8-21-19(15-17)10-14-28-21)25-16-18-3-6-20(7-4-18)27-13-2-11-26-27;/h2-8,11,13,15H,9-10,12,14,16H2,1H3,(H2,23,24,25);1H. The zero-order chi connectivity index (χ0) is 19.2. The maximum Gasteiger partial charge on any atom is 0.191 e. The van der Waals surface area contributed by atoms with Gasteiger partial charge in [-0.1, -0.05) is 24.3 Å². The fourth-order valence-electron chi connectivity index (χ4n) is 3.32. The number of benzene rings is 2. The van der Waals surface area contributed by atoms with Crippen molar-refractivity contribution in [2.24, 2.45) is 4.99 Å². The van der Waals surface area contributed by atoms with Crippen LogP contribution in [0.2, 0.25) is 0 Å². The highest BCUT2D eigenvalue weighted by Crippen LogP contribution is 2.25. The summed E-state index contributed by atoms with van der Waals surface area (Å²) in [5, 5.41) is 11.0. The molecule has 1 aromatic heterocycles. The number of guanidine groups is 1. The molecule has 4 rings (SSSR count). The van der Waals surface area contributed by atoms with E-state index in [2.05, 4.69) is 63.2 Å². The number of ether oxygens (including phenoxy) is 1. The summed E-state index contributed by atoms with van der Waals surface area (Å²) in [4.78, 5) is 4.31. The summed E-state index contributed by atoms with van der Waals surface area (Å²) in [6.07, 6.45) is 5.68. The van der Waals surface area contributed by atoms with Gasteiger partial charge in [-0.15, -0.1) is 24.0 Å². The number of aliphatic imine (C=N–C) groups is 1. The molecular formula is C22H26IN5O. The minimum absolute atomic E-state index is 0. The van der Waals surface area contributed by atoms with Crippen LogP contribution in [-0.2, 0) is 19.4 Å². The second-order valence-electron chi connectivity index (χ2n) is 6.76. The summed E-state index contributed by atoms with van der Waals surface area (Å²) < 4.78 is 7.42. The van der Waals surface area contributed by atoms with Gasteiger partial charge in [0.25, 0.3) is 0 Å². The molecule has 2 N–H and O–H groups in total. The minimum atomic E-state index is 0. The first-order valence-corrected chi connectivity index (χ1v) is 9.60. The van der Waals surface area contributed by atoms with Gasteiger partial charge < -0.3 is 15.4 Å². The number of halogens is 1. The summed E-state index contributed by atoms with van der Waals surface area (Å²) in [7, 11) is 1.79. The van der Waals surface area contributed by atoms with Gasteiger partial charge in [0.1, 0.15) is 5.75 Å². The third-order valence-electron chi connectivity index (χ3n) is 4.85. The van der Waals surface area contributed by atoms with Crippen LogP contribution in [0.1, 0.15) is 16.7 Å². The first-order valence-electron chi connectivity index (χ1n) is 9.60. The molecular weight excluding hydrogens is 477 g/mol. The number of aromatic nitrogens is 2. The average Bonchev–Trinajstić information content (AvgIpc) is 3.42. The van der Waals surface area contributed by atoms with Crippen molar-refractivity contribution in [1.29, 1.82) is 0 Å². The van der Waals surface area contributed by atoms with Gasteiger partial charge in [-0.05, 0) is 47.4 Å². The molecule has 7 heteroatoms. The molecule has 29 heavy (non-hydrogen) atoms. The van der Waals surface area contributed by atoms with Gasteiger partial charge in [0.05, 0.1) is 12.3 Å². The van der Waals surface area contributed by atoms with Crippen molar-refractivity contribution in [3.05, 3.63) is 77.6 Å². The van der Waals surface area contributed by atoms with E-state index in [1.165, 1.54) is 16.7 Å². The van der Waals surface area contributed by atoms with Gasteiger partial charge in [0, 0.05) is 39.0 Å². The van der Waals surface area contributed by atoms with Crippen LogP contribution >= 0.6 is 24.0 Å². The van der Waals surface area contributed by atoms with Crippen molar-refractivity contribution in [3.8, 4) is 11.4 Å². The normalized spacial score (nSPS) is 12.7. The van der Waals surface area contributed by atoms with Crippen molar-refractivity contribution in [2.45, 2.75) is 19.4 Å². The number of hydrogen-bond acceptors (Lipinski definition) is 3. The number of fused-ring (bicyclic) bond motifs is 1. The molecule has 0 bridgehead atoms. The smallest absolute Gasteiger partial charge is 0.191 e. The summed E-state index contributed by atoms with van der Waals surface area (Å²) in [5.74, 6) is 1.84. The molecule has 2 heterocycles. The summed E-state index contributed by atoms with van der Waals surface area (Å²) in [5.41, 5.74) is 4.88. The van der Waals surface area contributed by atoms with Crippen LogP contribution in [0.5, 0.6) is 5.75 Å². The van der Waals surface area contributed by atoms with E-state index < -0.39 is 0 Å². The molecule has 0 fully saturated rings. The van der Waals surface area contributed by atoms with Crippen LogP contribution in [0.15, 0.2) is 65.9 Å². The number of nitrogens with zero attached hydrogens (tertiary/aromatic N) is 3. The molecule has 0 saturated heterocycles. The predicted molar refractivity (Wildman–Crippen MR) is 127 cm³/mol. The Morgan fingerprint density at radius 1 is 1.14 bits per heavy atom. The van der Waals surface area contributed by atoms with Gasteiger partial charge >= 0.3 is 0 Å². The maximum absolute atomic E-state index is 5.57. The first-order chi connectivity index (χ1) is 13.8. The zero-order valence-electron chi connectivity index (χ0n) is 16.5. The highest BCUT2D eigenvalue weighted by atomic mass is 127. The Morgan fingerprint density at radius 2 is 1.97 bits per heavy atom. The van der Waals surface area contributed by atoms with Crippen LogP contribution in [0.25, 0.3) is 5.69 Å². The molecule has 0 spiro atoms. The largest absolute Gasteiger partial charge is 0.493 e. The fourth-order valence-corrected chi connectivity index (χ4v) is 3.32. The van der Waals surface area contributed by atoms with Gasteiger partial charge in [-0.2, -0.15) is 5.10 Å². The van der Waals surface area contributed by atoms with Crippen LogP contribution in [0, 0.1) is 0 Å². The predicted octanol–water partition coefficient (Wildman–Crippen LogP) is 3.33. The fraction of sp³-hybridized carbons (Fsp3) is 0.273. The van der Waals surface area contributed by atoms with E-state index in [0.717, 1.165) is 49.9 Å². The molecule has 0 radical (unpaired) electrons. The van der Waals surface area contributed by atoms with Crippen molar-refractivity contribution in [2.75, 3.05) is 20.2 Å². The Balaban J connectivity index is 0.00000240. The molecule has 1 aliphatic heterocycles. The Hall–Kier alpha value is -2.55. The minimum Gasteiger partial charge on any atom is -0.493 e. The first kappa shape index (κ1) is 21.2. The van der Waals surface area contributed by atoms with E-state index in [-0.39, 0.29) is 24.0 Å². The zero-order valence-corrected chi connectivity index (χ0v) is 18.8.